The Morgan fingerprint density at radius 2 is 2.05 bits per heavy atom. The zero-order chi connectivity index (χ0) is 14.8. The van der Waals surface area contributed by atoms with Gasteiger partial charge in [-0.3, -0.25) is 0 Å². The van der Waals surface area contributed by atoms with Crippen LogP contribution in [0.1, 0.15) is 28.4 Å². The third-order valence-electron chi connectivity index (χ3n) is 3.65. The first kappa shape index (κ1) is 14.0. The van der Waals surface area contributed by atoms with E-state index in [2.05, 4.69) is 23.3 Å². The predicted molar refractivity (Wildman–Crippen MR) is 87.7 cm³/mol. The van der Waals surface area contributed by atoms with Crippen molar-refractivity contribution in [2.75, 3.05) is 0 Å². The van der Waals surface area contributed by atoms with Crippen LogP contribution in [0.4, 0.5) is 0 Å². The number of phenolic OH excluding ortho intramolecular Hbond substituents is 1. The second-order valence-corrected chi connectivity index (χ2v) is 6.49. The van der Waals surface area contributed by atoms with E-state index in [0.29, 0.717) is 5.75 Å². The van der Waals surface area contributed by atoms with Crippen molar-refractivity contribution in [3.63, 3.8) is 0 Å². The highest BCUT2D eigenvalue weighted by atomic mass is 32.1. The minimum Gasteiger partial charge on any atom is -0.507 e. The number of phenols is 1. The van der Waals surface area contributed by atoms with Crippen LogP contribution in [0.3, 0.4) is 0 Å². The van der Waals surface area contributed by atoms with E-state index in [1.54, 1.807) is 11.3 Å². The summed E-state index contributed by atoms with van der Waals surface area (Å²) in [5.41, 5.74) is 0.926. The van der Waals surface area contributed by atoms with Gasteiger partial charge in [-0.1, -0.05) is 36.4 Å². The molecule has 108 valence electrons. The van der Waals surface area contributed by atoms with Crippen LogP contribution in [0.25, 0.3) is 10.8 Å². The van der Waals surface area contributed by atoms with Gasteiger partial charge in [0, 0.05) is 34.6 Å². The van der Waals surface area contributed by atoms with Gasteiger partial charge in [-0.15, -0.1) is 11.3 Å². The Labute approximate surface area is 128 Å². The maximum atomic E-state index is 10.5. The SMILES string of the molecule is Cc1ncc(CNC(C)c2ccc3ccccc3c2O)s1. The summed E-state index contributed by atoms with van der Waals surface area (Å²) in [7, 11) is 0. The fourth-order valence-electron chi connectivity index (χ4n) is 2.47. The first-order chi connectivity index (χ1) is 10.1. The van der Waals surface area contributed by atoms with E-state index < -0.39 is 0 Å². The number of fused-ring (bicyclic) bond motifs is 1. The second kappa shape index (κ2) is 5.84. The van der Waals surface area contributed by atoms with E-state index in [0.717, 1.165) is 27.9 Å². The van der Waals surface area contributed by atoms with E-state index in [1.807, 2.05) is 43.5 Å². The maximum absolute atomic E-state index is 10.5. The molecule has 1 atom stereocenters. The van der Waals surface area contributed by atoms with Gasteiger partial charge in [-0.25, -0.2) is 4.98 Å². The highest BCUT2D eigenvalue weighted by Crippen LogP contribution is 2.32. The summed E-state index contributed by atoms with van der Waals surface area (Å²) in [4.78, 5) is 5.46. The molecule has 0 aliphatic carbocycles. The summed E-state index contributed by atoms with van der Waals surface area (Å²) in [6, 6.07) is 12.0. The zero-order valence-corrected chi connectivity index (χ0v) is 12.9. The number of hydrogen-bond acceptors (Lipinski definition) is 4. The predicted octanol–water partition coefficient (Wildman–Crippen LogP) is 4.16. The van der Waals surface area contributed by atoms with E-state index in [9.17, 15) is 5.11 Å². The van der Waals surface area contributed by atoms with Crippen molar-refractivity contribution in [2.45, 2.75) is 26.4 Å². The van der Waals surface area contributed by atoms with Crippen molar-refractivity contribution in [3.8, 4) is 5.75 Å². The van der Waals surface area contributed by atoms with Crippen molar-refractivity contribution in [3.05, 3.63) is 58.0 Å². The summed E-state index contributed by atoms with van der Waals surface area (Å²) in [5, 5.41) is 17.0. The van der Waals surface area contributed by atoms with Gasteiger partial charge in [-0.05, 0) is 19.2 Å². The topological polar surface area (TPSA) is 45.2 Å². The Morgan fingerprint density at radius 3 is 2.81 bits per heavy atom. The summed E-state index contributed by atoms with van der Waals surface area (Å²) < 4.78 is 0. The van der Waals surface area contributed by atoms with Crippen molar-refractivity contribution in [2.24, 2.45) is 0 Å². The van der Waals surface area contributed by atoms with Gasteiger partial charge < -0.3 is 10.4 Å². The average molecular weight is 298 g/mol. The molecule has 3 rings (SSSR count). The number of nitrogens with zero attached hydrogens (tertiary/aromatic N) is 1. The molecule has 2 aromatic carbocycles. The molecule has 0 aliphatic rings. The minimum absolute atomic E-state index is 0.0806. The zero-order valence-electron chi connectivity index (χ0n) is 12.1. The van der Waals surface area contributed by atoms with Crippen molar-refractivity contribution >= 4 is 22.1 Å². The fraction of sp³-hybridized carbons (Fsp3) is 0.235. The lowest BCUT2D eigenvalue weighted by molar-refractivity contribution is 0.458. The molecule has 1 unspecified atom stereocenters. The van der Waals surface area contributed by atoms with Gasteiger partial charge in [0.05, 0.1) is 5.01 Å². The molecular formula is C17H18N2OS. The highest BCUT2D eigenvalue weighted by molar-refractivity contribution is 7.11. The first-order valence-corrected chi connectivity index (χ1v) is 7.82. The molecular weight excluding hydrogens is 280 g/mol. The largest absolute Gasteiger partial charge is 0.507 e. The van der Waals surface area contributed by atoms with Gasteiger partial charge in [0.15, 0.2) is 0 Å². The lowest BCUT2D eigenvalue weighted by atomic mass is 10.0. The molecule has 2 N–H and O–H groups in total. The Hall–Kier alpha value is -1.91. The maximum Gasteiger partial charge on any atom is 0.128 e. The first-order valence-electron chi connectivity index (χ1n) is 7.00. The van der Waals surface area contributed by atoms with Gasteiger partial charge in [0.2, 0.25) is 0 Å². The summed E-state index contributed by atoms with van der Waals surface area (Å²) in [6.45, 7) is 4.84. The second-order valence-electron chi connectivity index (χ2n) is 5.17. The minimum atomic E-state index is 0.0806. The molecule has 1 aromatic heterocycles. The molecule has 0 fully saturated rings. The molecule has 0 amide bonds. The van der Waals surface area contributed by atoms with E-state index in [1.165, 1.54) is 4.88 Å². The van der Waals surface area contributed by atoms with Crippen LogP contribution in [-0.4, -0.2) is 10.1 Å². The van der Waals surface area contributed by atoms with Crippen LogP contribution in [0, 0.1) is 6.92 Å². The molecule has 0 aliphatic heterocycles. The van der Waals surface area contributed by atoms with E-state index >= 15 is 0 Å². The smallest absolute Gasteiger partial charge is 0.128 e. The monoisotopic (exact) mass is 298 g/mol. The van der Waals surface area contributed by atoms with Crippen LogP contribution in [0.15, 0.2) is 42.6 Å². The van der Waals surface area contributed by atoms with Crippen LogP contribution in [0.5, 0.6) is 5.75 Å². The molecule has 0 saturated carbocycles. The molecule has 3 nitrogen and oxygen atoms in total. The summed E-state index contributed by atoms with van der Waals surface area (Å²) >= 11 is 1.70. The van der Waals surface area contributed by atoms with Gasteiger partial charge in [-0.2, -0.15) is 0 Å². The number of thiazole rings is 1. The van der Waals surface area contributed by atoms with Crippen LogP contribution < -0.4 is 5.32 Å². The summed E-state index contributed by atoms with van der Waals surface area (Å²) in [6.07, 6.45) is 1.90. The quantitative estimate of drug-likeness (QED) is 0.760. The fourth-order valence-corrected chi connectivity index (χ4v) is 3.22. The molecule has 0 spiro atoms. The third-order valence-corrected chi connectivity index (χ3v) is 4.56. The van der Waals surface area contributed by atoms with Crippen LogP contribution in [-0.2, 0) is 6.54 Å². The number of aryl methyl sites for hydroxylation is 1. The van der Waals surface area contributed by atoms with Crippen molar-refractivity contribution in [1.82, 2.24) is 10.3 Å². The standard InChI is InChI=1S/C17H18N2OS/c1-11(18-9-14-10-19-12(2)21-14)15-8-7-13-5-3-4-6-16(13)17(15)20/h3-8,10-11,18,20H,9H2,1-2H3. The number of aromatic hydroxyl groups is 1. The lowest BCUT2D eigenvalue weighted by Crippen LogP contribution is -2.17. The Morgan fingerprint density at radius 1 is 1.24 bits per heavy atom. The van der Waals surface area contributed by atoms with Gasteiger partial charge in [0.1, 0.15) is 5.75 Å². The van der Waals surface area contributed by atoms with E-state index in [4.69, 9.17) is 0 Å². The molecule has 0 saturated heterocycles. The normalized spacial score (nSPS) is 12.7. The molecule has 0 bridgehead atoms. The number of aromatic nitrogens is 1. The average Bonchev–Trinajstić information content (AvgIpc) is 2.91. The number of benzene rings is 2. The van der Waals surface area contributed by atoms with Crippen molar-refractivity contribution in [1.29, 1.82) is 0 Å². The van der Waals surface area contributed by atoms with Crippen LogP contribution in [0.2, 0.25) is 0 Å². The van der Waals surface area contributed by atoms with Gasteiger partial charge in [0.25, 0.3) is 0 Å². The van der Waals surface area contributed by atoms with Crippen molar-refractivity contribution < 1.29 is 5.11 Å². The van der Waals surface area contributed by atoms with E-state index in [-0.39, 0.29) is 6.04 Å². The van der Waals surface area contributed by atoms with Gasteiger partial charge >= 0.3 is 0 Å². The molecule has 1 heterocycles. The Bertz CT molecular complexity index is 766. The highest BCUT2D eigenvalue weighted by Gasteiger charge is 2.12. The Balaban J connectivity index is 1.81. The number of rotatable bonds is 4. The molecule has 0 radical (unpaired) electrons. The lowest BCUT2D eigenvalue weighted by Gasteiger charge is -2.16. The molecule has 4 heteroatoms. The molecule has 21 heavy (non-hydrogen) atoms. The van der Waals surface area contributed by atoms with Crippen LogP contribution >= 0.6 is 11.3 Å². The third kappa shape index (κ3) is 2.91. The molecule has 3 aromatic rings. The number of nitrogens with one attached hydrogen (secondary N) is 1. The Kier molecular flexibility index (Phi) is 3.90. The summed E-state index contributed by atoms with van der Waals surface area (Å²) in [5.74, 6) is 0.369. The number of hydrogen-bond donors (Lipinski definition) is 2.